The molecule has 2 rings (SSSR count). The van der Waals surface area contributed by atoms with Crippen molar-refractivity contribution in [2.24, 2.45) is 0 Å². The molecular weight excluding hydrogens is 344 g/mol. The van der Waals surface area contributed by atoms with E-state index in [1.165, 1.54) is 28.6 Å². The lowest BCUT2D eigenvalue weighted by Crippen LogP contribution is -2.30. The van der Waals surface area contributed by atoms with Gasteiger partial charge < -0.3 is 4.74 Å². The van der Waals surface area contributed by atoms with Crippen molar-refractivity contribution in [2.45, 2.75) is 11.8 Å². The van der Waals surface area contributed by atoms with Gasteiger partial charge in [0.2, 0.25) is 0 Å². The van der Waals surface area contributed by atoms with Gasteiger partial charge in [0.25, 0.3) is 15.7 Å². The predicted molar refractivity (Wildman–Crippen MR) is 95.4 cm³/mol. The average molecular weight is 362 g/mol. The van der Waals surface area contributed by atoms with Crippen molar-refractivity contribution in [3.8, 4) is 5.75 Å². The van der Waals surface area contributed by atoms with Crippen LogP contribution in [0.15, 0.2) is 66.1 Å². The SMILES string of the molecule is C=CCOc1ccc(N(CC)S(=O)(=O)c2ccc([N+](=O)[O-])cc2)cc1. The zero-order chi connectivity index (χ0) is 18.4. The molecule has 0 unspecified atom stereocenters. The zero-order valence-corrected chi connectivity index (χ0v) is 14.5. The fraction of sp³-hybridized carbons (Fsp3) is 0.176. The van der Waals surface area contributed by atoms with E-state index in [9.17, 15) is 18.5 Å². The summed E-state index contributed by atoms with van der Waals surface area (Å²) < 4.78 is 32.2. The van der Waals surface area contributed by atoms with Crippen LogP contribution in [-0.2, 0) is 10.0 Å². The minimum Gasteiger partial charge on any atom is -0.490 e. The van der Waals surface area contributed by atoms with Crippen LogP contribution in [0.4, 0.5) is 11.4 Å². The Kier molecular flexibility index (Phi) is 5.76. The lowest BCUT2D eigenvalue weighted by molar-refractivity contribution is -0.384. The molecule has 0 aliphatic carbocycles. The highest BCUT2D eigenvalue weighted by Gasteiger charge is 2.24. The van der Waals surface area contributed by atoms with E-state index in [0.29, 0.717) is 18.0 Å². The van der Waals surface area contributed by atoms with Crippen LogP contribution in [0.3, 0.4) is 0 Å². The number of anilines is 1. The topological polar surface area (TPSA) is 89.8 Å². The van der Waals surface area contributed by atoms with Crippen molar-refractivity contribution < 1.29 is 18.1 Å². The van der Waals surface area contributed by atoms with E-state index in [4.69, 9.17) is 4.74 Å². The molecule has 25 heavy (non-hydrogen) atoms. The molecule has 0 bridgehead atoms. The summed E-state index contributed by atoms with van der Waals surface area (Å²) in [6, 6.07) is 11.4. The Morgan fingerprint density at radius 1 is 1.16 bits per heavy atom. The number of non-ortho nitro benzene ring substituents is 1. The first-order valence-corrected chi connectivity index (χ1v) is 8.95. The van der Waals surface area contributed by atoms with E-state index in [2.05, 4.69) is 6.58 Å². The lowest BCUT2D eigenvalue weighted by atomic mass is 10.3. The molecule has 0 aliphatic heterocycles. The number of rotatable bonds is 8. The minimum absolute atomic E-state index is 0.00747. The van der Waals surface area contributed by atoms with Gasteiger partial charge in [0.1, 0.15) is 12.4 Å². The molecule has 0 aromatic heterocycles. The summed E-state index contributed by atoms with van der Waals surface area (Å²) in [6.45, 7) is 5.85. The summed E-state index contributed by atoms with van der Waals surface area (Å²) >= 11 is 0. The summed E-state index contributed by atoms with van der Waals surface area (Å²) in [5.74, 6) is 0.604. The lowest BCUT2D eigenvalue weighted by Gasteiger charge is -2.23. The van der Waals surface area contributed by atoms with Gasteiger partial charge in [0.15, 0.2) is 0 Å². The van der Waals surface area contributed by atoms with Gasteiger partial charge >= 0.3 is 0 Å². The van der Waals surface area contributed by atoms with E-state index in [1.807, 2.05) is 0 Å². The quantitative estimate of drug-likeness (QED) is 0.408. The predicted octanol–water partition coefficient (Wildman–Crippen LogP) is 3.37. The normalized spacial score (nSPS) is 10.9. The van der Waals surface area contributed by atoms with Crippen molar-refractivity contribution in [1.29, 1.82) is 0 Å². The van der Waals surface area contributed by atoms with Crippen molar-refractivity contribution >= 4 is 21.4 Å². The van der Waals surface area contributed by atoms with Crippen LogP contribution < -0.4 is 9.04 Å². The molecule has 0 heterocycles. The van der Waals surface area contributed by atoms with Crippen molar-refractivity contribution in [1.82, 2.24) is 0 Å². The summed E-state index contributed by atoms with van der Waals surface area (Å²) in [4.78, 5) is 10.1. The number of benzene rings is 2. The Labute approximate surface area is 146 Å². The molecule has 0 radical (unpaired) electrons. The minimum atomic E-state index is -3.82. The molecule has 2 aromatic carbocycles. The molecule has 0 N–H and O–H groups in total. The highest BCUT2D eigenvalue weighted by atomic mass is 32.2. The van der Waals surface area contributed by atoms with Crippen LogP contribution >= 0.6 is 0 Å². The van der Waals surface area contributed by atoms with Crippen LogP contribution in [0.2, 0.25) is 0 Å². The summed E-state index contributed by atoms with van der Waals surface area (Å²) in [6.07, 6.45) is 1.62. The maximum Gasteiger partial charge on any atom is 0.269 e. The maximum absolute atomic E-state index is 12.8. The standard InChI is InChI=1S/C17H18N2O5S/c1-3-13-24-16-9-5-14(6-10-16)18(4-2)25(22,23)17-11-7-15(8-12-17)19(20)21/h3,5-12H,1,4,13H2,2H3. The molecule has 0 aliphatic rings. The molecule has 0 saturated heterocycles. The Balaban J connectivity index is 2.31. The fourth-order valence-electron chi connectivity index (χ4n) is 2.22. The monoisotopic (exact) mass is 362 g/mol. The first-order chi connectivity index (χ1) is 11.9. The van der Waals surface area contributed by atoms with Crippen LogP contribution in [0.5, 0.6) is 5.75 Å². The highest BCUT2D eigenvalue weighted by Crippen LogP contribution is 2.26. The Hall–Kier alpha value is -2.87. The Morgan fingerprint density at radius 2 is 1.76 bits per heavy atom. The van der Waals surface area contributed by atoms with E-state index >= 15 is 0 Å². The second kappa shape index (κ2) is 7.80. The van der Waals surface area contributed by atoms with Crippen LogP contribution in [0.1, 0.15) is 6.92 Å². The number of nitro groups is 1. The molecule has 0 atom stereocenters. The number of nitrogens with zero attached hydrogens (tertiary/aromatic N) is 2. The smallest absolute Gasteiger partial charge is 0.269 e. The number of sulfonamides is 1. The number of ether oxygens (including phenoxy) is 1. The van der Waals surface area contributed by atoms with E-state index in [-0.39, 0.29) is 17.1 Å². The first-order valence-electron chi connectivity index (χ1n) is 7.51. The fourth-order valence-corrected chi connectivity index (χ4v) is 3.70. The third-order valence-corrected chi connectivity index (χ3v) is 5.33. The number of hydrogen-bond acceptors (Lipinski definition) is 5. The average Bonchev–Trinajstić information content (AvgIpc) is 2.61. The largest absolute Gasteiger partial charge is 0.490 e. The van der Waals surface area contributed by atoms with Crippen LogP contribution in [0.25, 0.3) is 0 Å². The molecule has 7 nitrogen and oxygen atoms in total. The second-order valence-corrected chi connectivity index (χ2v) is 6.88. The summed E-state index contributed by atoms with van der Waals surface area (Å²) in [7, 11) is -3.82. The van der Waals surface area contributed by atoms with Gasteiger partial charge in [0, 0.05) is 18.7 Å². The maximum atomic E-state index is 12.8. The molecular formula is C17H18N2O5S. The van der Waals surface area contributed by atoms with Crippen LogP contribution in [0, 0.1) is 10.1 Å². The summed E-state index contributed by atoms with van der Waals surface area (Å²) in [5.41, 5.74) is 0.317. The third-order valence-electron chi connectivity index (χ3n) is 3.42. The molecule has 8 heteroatoms. The van der Waals surface area contributed by atoms with Gasteiger partial charge in [-0.25, -0.2) is 8.42 Å². The Bertz CT molecular complexity index is 846. The highest BCUT2D eigenvalue weighted by molar-refractivity contribution is 7.92. The second-order valence-electron chi connectivity index (χ2n) is 5.01. The van der Waals surface area contributed by atoms with Crippen LogP contribution in [-0.4, -0.2) is 26.5 Å². The molecule has 0 amide bonds. The molecule has 0 saturated carbocycles. The molecule has 132 valence electrons. The van der Waals surface area contributed by atoms with Gasteiger partial charge in [-0.05, 0) is 43.3 Å². The first kappa shape index (κ1) is 18.5. The van der Waals surface area contributed by atoms with Gasteiger partial charge in [-0.2, -0.15) is 0 Å². The van der Waals surface area contributed by atoms with Crippen molar-refractivity contribution in [2.75, 3.05) is 17.5 Å². The van der Waals surface area contributed by atoms with Crippen molar-refractivity contribution in [3.63, 3.8) is 0 Å². The zero-order valence-electron chi connectivity index (χ0n) is 13.7. The molecule has 0 spiro atoms. The molecule has 0 fully saturated rings. The van der Waals surface area contributed by atoms with Crippen molar-refractivity contribution in [3.05, 3.63) is 71.3 Å². The van der Waals surface area contributed by atoms with Gasteiger partial charge in [-0.15, -0.1) is 0 Å². The van der Waals surface area contributed by atoms with E-state index < -0.39 is 14.9 Å². The van der Waals surface area contributed by atoms with Gasteiger partial charge in [-0.1, -0.05) is 12.7 Å². The third kappa shape index (κ3) is 4.16. The van der Waals surface area contributed by atoms with Gasteiger partial charge in [-0.3, -0.25) is 14.4 Å². The molecule has 2 aromatic rings. The van der Waals surface area contributed by atoms with E-state index in [0.717, 1.165) is 0 Å². The number of nitro benzene ring substituents is 1. The number of hydrogen-bond donors (Lipinski definition) is 0. The van der Waals surface area contributed by atoms with E-state index in [1.54, 1.807) is 37.3 Å². The Morgan fingerprint density at radius 3 is 2.24 bits per heavy atom. The van der Waals surface area contributed by atoms with Gasteiger partial charge in [0.05, 0.1) is 15.5 Å². The summed E-state index contributed by atoms with van der Waals surface area (Å²) in [5, 5.41) is 10.7.